The van der Waals surface area contributed by atoms with Crippen molar-refractivity contribution < 1.29 is 4.92 Å². The molecule has 1 fully saturated rings. The van der Waals surface area contributed by atoms with Crippen LogP contribution in [0, 0.1) is 10.1 Å². The molecule has 0 bridgehead atoms. The molecule has 0 atom stereocenters. The molecular weight excluding hydrogens is 194 g/mol. The van der Waals surface area contributed by atoms with Crippen molar-refractivity contribution in [3.63, 3.8) is 0 Å². The van der Waals surface area contributed by atoms with Gasteiger partial charge in [-0.05, 0) is 25.3 Å². The fourth-order valence-corrected chi connectivity index (χ4v) is 1.66. The largest absolute Gasteiger partial charge is 0.357 e. The summed E-state index contributed by atoms with van der Waals surface area (Å²) in [4.78, 5) is 16.2. The maximum absolute atomic E-state index is 10.4. The molecular formula is C10H13N3O2. The van der Waals surface area contributed by atoms with Gasteiger partial charge in [-0.2, -0.15) is 0 Å². The Bertz CT molecular complexity index is 359. The summed E-state index contributed by atoms with van der Waals surface area (Å²) < 4.78 is 0. The van der Waals surface area contributed by atoms with Crippen LogP contribution in [0.15, 0.2) is 18.3 Å². The summed E-state index contributed by atoms with van der Waals surface area (Å²) in [6, 6.07) is 3.76. The summed E-state index contributed by atoms with van der Waals surface area (Å²) in [5, 5.41) is 10.4. The van der Waals surface area contributed by atoms with E-state index in [-0.39, 0.29) is 5.69 Å². The van der Waals surface area contributed by atoms with Gasteiger partial charge in [0, 0.05) is 19.2 Å². The van der Waals surface area contributed by atoms with Gasteiger partial charge in [-0.25, -0.2) is 4.98 Å². The number of nitrogens with zero attached hydrogens (tertiary/aromatic N) is 3. The number of aromatic nitrogens is 1. The summed E-state index contributed by atoms with van der Waals surface area (Å²) in [6.45, 7) is 0. The number of nitro groups is 1. The van der Waals surface area contributed by atoms with Gasteiger partial charge in [0.05, 0.1) is 4.92 Å². The first kappa shape index (κ1) is 9.89. The lowest BCUT2D eigenvalue weighted by Gasteiger charge is -2.35. The Morgan fingerprint density at radius 2 is 2.27 bits per heavy atom. The number of pyridine rings is 1. The van der Waals surface area contributed by atoms with Gasteiger partial charge in [0.2, 0.25) is 0 Å². The van der Waals surface area contributed by atoms with Crippen LogP contribution in [0.1, 0.15) is 19.3 Å². The molecule has 0 radical (unpaired) electrons. The standard InChI is InChI=1S/C10H13N3O2/c1-12(8-3-2-4-8)10-6-5-9(7-11-10)13(14)15/h5-8H,2-4H2,1H3. The fraction of sp³-hybridized carbons (Fsp3) is 0.500. The molecule has 0 aliphatic heterocycles. The highest BCUT2D eigenvalue weighted by molar-refractivity contribution is 5.43. The van der Waals surface area contributed by atoms with Gasteiger partial charge in [-0.1, -0.05) is 0 Å². The molecule has 1 heterocycles. The summed E-state index contributed by atoms with van der Waals surface area (Å²) in [6.07, 6.45) is 4.96. The second kappa shape index (κ2) is 3.84. The Morgan fingerprint density at radius 1 is 1.53 bits per heavy atom. The first-order chi connectivity index (χ1) is 7.18. The van der Waals surface area contributed by atoms with E-state index in [0.29, 0.717) is 6.04 Å². The zero-order valence-corrected chi connectivity index (χ0v) is 8.59. The van der Waals surface area contributed by atoms with E-state index in [2.05, 4.69) is 9.88 Å². The van der Waals surface area contributed by atoms with Crippen molar-refractivity contribution in [2.75, 3.05) is 11.9 Å². The average molecular weight is 207 g/mol. The highest BCUT2D eigenvalue weighted by atomic mass is 16.6. The van der Waals surface area contributed by atoms with Gasteiger partial charge in [-0.3, -0.25) is 10.1 Å². The minimum Gasteiger partial charge on any atom is -0.357 e. The van der Waals surface area contributed by atoms with Gasteiger partial charge in [0.25, 0.3) is 5.69 Å². The lowest BCUT2D eigenvalue weighted by Crippen LogP contribution is -2.37. The Kier molecular flexibility index (Phi) is 2.53. The quantitative estimate of drug-likeness (QED) is 0.561. The summed E-state index contributed by atoms with van der Waals surface area (Å²) in [7, 11) is 1.98. The molecule has 1 aromatic heterocycles. The predicted molar refractivity (Wildman–Crippen MR) is 56.9 cm³/mol. The van der Waals surface area contributed by atoms with Crippen molar-refractivity contribution >= 4 is 11.5 Å². The van der Waals surface area contributed by atoms with Crippen LogP contribution in [0.3, 0.4) is 0 Å². The van der Waals surface area contributed by atoms with Crippen LogP contribution < -0.4 is 4.90 Å². The van der Waals surface area contributed by atoms with Crippen molar-refractivity contribution in [3.05, 3.63) is 28.4 Å². The lowest BCUT2D eigenvalue weighted by molar-refractivity contribution is -0.385. The molecule has 1 aliphatic carbocycles. The number of hydrogen-bond donors (Lipinski definition) is 0. The van der Waals surface area contributed by atoms with E-state index >= 15 is 0 Å². The van der Waals surface area contributed by atoms with Crippen LogP contribution in [0.25, 0.3) is 0 Å². The fourth-order valence-electron chi connectivity index (χ4n) is 1.66. The third-order valence-electron chi connectivity index (χ3n) is 2.93. The highest BCUT2D eigenvalue weighted by Crippen LogP contribution is 2.27. The molecule has 5 heteroatoms. The van der Waals surface area contributed by atoms with Crippen LogP contribution in [0.4, 0.5) is 11.5 Å². The predicted octanol–water partition coefficient (Wildman–Crippen LogP) is 1.98. The molecule has 1 aliphatic rings. The van der Waals surface area contributed by atoms with E-state index in [0.717, 1.165) is 5.82 Å². The Labute approximate surface area is 87.9 Å². The molecule has 80 valence electrons. The molecule has 1 saturated carbocycles. The minimum atomic E-state index is -0.430. The van der Waals surface area contributed by atoms with Gasteiger partial charge in [0.1, 0.15) is 12.0 Å². The van der Waals surface area contributed by atoms with Crippen LogP contribution >= 0.6 is 0 Å². The Hall–Kier alpha value is -1.65. The van der Waals surface area contributed by atoms with Crippen LogP contribution in [-0.4, -0.2) is 23.0 Å². The van der Waals surface area contributed by atoms with E-state index in [1.165, 1.54) is 31.5 Å². The maximum Gasteiger partial charge on any atom is 0.287 e. The second-order valence-electron chi connectivity index (χ2n) is 3.83. The first-order valence-electron chi connectivity index (χ1n) is 5.02. The molecule has 5 nitrogen and oxygen atoms in total. The van der Waals surface area contributed by atoms with Gasteiger partial charge < -0.3 is 4.90 Å². The SMILES string of the molecule is CN(c1ccc([N+](=O)[O-])cn1)C1CCC1. The molecule has 0 N–H and O–H groups in total. The Morgan fingerprint density at radius 3 is 2.67 bits per heavy atom. The van der Waals surface area contributed by atoms with E-state index < -0.39 is 4.92 Å². The highest BCUT2D eigenvalue weighted by Gasteiger charge is 2.23. The maximum atomic E-state index is 10.4. The van der Waals surface area contributed by atoms with Crippen molar-refractivity contribution in [2.24, 2.45) is 0 Å². The van der Waals surface area contributed by atoms with E-state index in [1.807, 2.05) is 7.05 Å². The van der Waals surface area contributed by atoms with E-state index in [4.69, 9.17) is 0 Å². The number of hydrogen-bond acceptors (Lipinski definition) is 4. The van der Waals surface area contributed by atoms with Crippen molar-refractivity contribution in [1.82, 2.24) is 4.98 Å². The summed E-state index contributed by atoms with van der Waals surface area (Å²) in [5.74, 6) is 0.810. The van der Waals surface area contributed by atoms with Crippen LogP contribution in [-0.2, 0) is 0 Å². The average Bonchev–Trinajstić information content (AvgIpc) is 2.15. The molecule has 0 aromatic carbocycles. The van der Waals surface area contributed by atoms with Gasteiger partial charge in [-0.15, -0.1) is 0 Å². The van der Waals surface area contributed by atoms with E-state index in [9.17, 15) is 10.1 Å². The van der Waals surface area contributed by atoms with Gasteiger partial charge in [0.15, 0.2) is 0 Å². The minimum absolute atomic E-state index is 0.0424. The third-order valence-corrected chi connectivity index (χ3v) is 2.93. The lowest BCUT2D eigenvalue weighted by atomic mass is 9.92. The number of rotatable bonds is 3. The van der Waals surface area contributed by atoms with Crippen molar-refractivity contribution in [1.29, 1.82) is 0 Å². The topological polar surface area (TPSA) is 59.3 Å². The zero-order chi connectivity index (χ0) is 10.8. The molecule has 0 amide bonds. The van der Waals surface area contributed by atoms with E-state index in [1.54, 1.807) is 6.07 Å². The van der Waals surface area contributed by atoms with Crippen molar-refractivity contribution in [3.8, 4) is 0 Å². The summed E-state index contributed by atoms with van der Waals surface area (Å²) in [5.41, 5.74) is 0.0424. The molecule has 0 saturated heterocycles. The Balaban J connectivity index is 2.11. The zero-order valence-electron chi connectivity index (χ0n) is 8.59. The molecule has 15 heavy (non-hydrogen) atoms. The molecule has 0 spiro atoms. The van der Waals surface area contributed by atoms with Crippen LogP contribution in [0.2, 0.25) is 0 Å². The van der Waals surface area contributed by atoms with Crippen LogP contribution in [0.5, 0.6) is 0 Å². The summed E-state index contributed by atoms with van der Waals surface area (Å²) >= 11 is 0. The number of anilines is 1. The molecule has 2 rings (SSSR count). The molecule has 0 unspecified atom stereocenters. The van der Waals surface area contributed by atoms with Crippen molar-refractivity contribution in [2.45, 2.75) is 25.3 Å². The monoisotopic (exact) mass is 207 g/mol. The third kappa shape index (κ3) is 1.91. The smallest absolute Gasteiger partial charge is 0.287 e. The molecule has 1 aromatic rings. The van der Waals surface area contributed by atoms with Gasteiger partial charge >= 0.3 is 0 Å². The normalized spacial score (nSPS) is 15.8. The second-order valence-corrected chi connectivity index (χ2v) is 3.83. The first-order valence-corrected chi connectivity index (χ1v) is 5.02.